The second-order valence-electron chi connectivity index (χ2n) is 8.16. The first-order chi connectivity index (χ1) is 13.5. The highest BCUT2D eigenvalue weighted by Gasteiger charge is 2.28. The van der Waals surface area contributed by atoms with Gasteiger partial charge in [-0.15, -0.1) is 0 Å². The molecule has 0 bridgehead atoms. The highest BCUT2D eigenvalue weighted by molar-refractivity contribution is 7.92. The van der Waals surface area contributed by atoms with Crippen LogP contribution in [0.5, 0.6) is 0 Å². The first-order valence-electron chi connectivity index (χ1n) is 9.55. The molecule has 0 aliphatic rings. The summed E-state index contributed by atoms with van der Waals surface area (Å²) in [6, 6.07) is 0. The maximum atomic E-state index is 12.1. The molecular weight excluding hydrogens is 412 g/mol. The average Bonchev–Trinajstić information content (AvgIpc) is 2.61. The number of nitriles is 2. The van der Waals surface area contributed by atoms with Crippen LogP contribution < -0.4 is 10.6 Å². The molecule has 0 aromatic carbocycles. The molecule has 2 atom stereocenters. The van der Waals surface area contributed by atoms with Crippen molar-refractivity contribution in [2.24, 2.45) is 10.8 Å². The van der Waals surface area contributed by atoms with Gasteiger partial charge in [-0.2, -0.15) is 10.5 Å². The number of rotatable bonds is 14. The molecule has 0 radical (unpaired) electrons. The van der Waals surface area contributed by atoms with Crippen molar-refractivity contribution in [1.82, 2.24) is 10.6 Å². The largest absolute Gasteiger partial charge is 0.616 e. The van der Waals surface area contributed by atoms with Gasteiger partial charge in [0, 0.05) is 17.3 Å². The molecule has 10 heteroatoms. The zero-order chi connectivity index (χ0) is 22.5. The molecule has 8 nitrogen and oxygen atoms in total. The lowest BCUT2D eigenvalue weighted by atomic mass is 9.87. The van der Waals surface area contributed by atoms with Gasteiger partial charge >= 0.3 is 0 Å². The second kappa shape index (κ2) is 13.7. The fourth-order valence-corrected chi connectivity index (χ4v) is 5.06. The minimum Gasteiger partial charge on any atom is -0.616 e. The van der Waals surface area contributed by atoms with Crippen LogP contribution >= 0.6 is 0 Å². The number of carbonyl (C=O) groups excluding carboxylic acids is 2. The van der Waals surface area contributed by atoms with Crippen LogP contribution in [0.1, 0.15) is 59.8 Å². The Bertz CT molecular complexity index is 562. The second-order valence-corrected chi connectivity index (χ2v) is 11.5. The molecule has 0 aliphatic carbocycles. The molecule has 0 spiro atoms. The Hall–Kier alpha value is -1.46. The summed E-state index contributed by atoms with van der Waals surface area (Å²) in [5.74, 6) is 1.19. The predicted molar refractivity (Wildman–Crippen MR) is 114 cm³/mol. The molecule has 0 rings (SSSR count). The van der Waals surface area contributed by atoms with Gasteiger partial charge in [0.2, 0.25) is 11.8 Å². The summed E-state index contributed by atoms with van der Waals surface area (Å²) in [5.41, 5.74) is -1.36. The third kappa shape index (κ3) is 12.0. The third-order valence-electron chi connectivity index (χ3n) is 4.66. The summed E-state index contributed by atoms with van der Waals surface area (Å²) in [6.07, 6.45) is 6.14. The van der Waals surface area contributed by atoms with E-state index >= 15 is 0 Å². The molecule has 29 heavy (non-hydrogen) atoms. The zero-order valence-electron chi connectivity index (χ0n) is 17.7. The topological polar surface area (TPSA) is 152 Å². The van der Waals surface area contributed by atoms with Crippen molar-refractivity contribution in [3.8, 4) is 12.4 Å². The molecule has 2 amide bonds. The van der Waals surface area contributed by atoms with Crippen molar-refractivity contribution in [2.75, 3.05) is 23.0 Å². The van der Waals surface area contributed by atoms with Crippen LogP contribution in [0.3, 0.4) is 0 Å². The minimum atomic E-state index is -1.03. The Morgan fingerprint density at radius 1 is 0.759 bits per heavy atom. The summed E-state index contributed by atoms with van der Waals surface area (Å²) in [5, 5.41) is 21.3. The van der Waals surface area contributed by atoms with Crippen molar-refractivity contribution in [2.45, 2.75) is 59.8 Å². The van der Waals surface area contributed by atoms with Crippen molar-refractivity contribution < 1.29 is 18.7 Å². The third-order valence-corrected chi connectivity index (χ3v) is 7.64. The first kappa shape index (κ1) is 27.5. The number of nitrogens with one attached hydrogen (secondary N) is 2. The Balaban J connectivity index is 3.98. The smallest absolute Gasteiger partial charge is 0.238 e. The fourth-order valence-electron chi connectivity index (χ4n) is 2.60. The van der Waals surface area contributed by atoms with Crippen LogP contribution in [0.25, 0.3) is 0 Å². The van der Waals surface area contributed by atoms with Crippen molar-refractivity contribution in [3.63, 3.8) is 0 Å². The highest BCUT2D eigenvalue weighted by Crippen LogP contribution is 2.24. The highest BCUT2D eigenvalue weighted by atomic mass is 32.2. The van der Waals surface area contributed by atoms with Crippen LogP contribution in [0.4, 0.5) is 0 Å². The van der Waals surface area contributed by atoms with Crippen LogP contribution in [0, 0.1) is 33.7 Å². The summed E-state index contributed by atoms with van der Waals surface area (Å²) in [6.45, 7) is 6.99. The summed E-state index contributed by atoms with van der Waals surface area (Å²) >= 11 is -2.06. The van der Waals surface area contributed by atoms with Gasteiger partial charge in [0.1, 0.15) is 23.0 Å². The van der Waals surface area contributed by atoms with E-state index in [1.165, 1.54) is 0 Å². The van der Waals surface area contributed by atoms with E-state index in [2.05, 4.69) is 10.6 Å². The van der Waals surface area contributed by atoms with Crippen LogP contribution in [0.15, 0.2) is 0 Å². The van der Waals surface area contributed by atoms with Crippen LogP contribution in [-0.4, -0.2) is 43.9 Å². The van der Waals surface area contributed by atoms with Crippen LogP contribution in [0.2, 0.25) is 0 Å². The van der Waals surface area contributed by atoms with Gasteiger partial charge in [-0.3, -0.25) is 20.2 Å². The number of carbonyl (C=O) groups is 2. The monoisotopic (exact) mass is 444 g/mol. The van der Waals surface area contributed by atoms with Gasteiger partial charge in [-0.25, -0.2) is 0 Å². The quantitative estimate of drug-likeness (QED) is 0.236. The molecular formula is C19H32N4O4S2. The van der Waals surface area contributed by atoms with Crippen molar-refractivity contribution in [3.05, 3.63) is 0 Å². The normalized spacial score (nSPS) is 13.7. The Morgan fingerprint density at radius 3 is 1.38 bits per heavy atom. The number of hydrogen-bond donors (Lipinski definition) is 2. The van der Waals surface area contributed by atoms with Gasteiger partial charge in [-0.1, -0.05) is 50.0 Å². The average molecular weight is 445 g/mol. The first-order valence-corrected chi connectivity index (χ1v) is 12.5. The molecule has 164 valence electrons. The molecule has 0 aromatic rings. The zero-order valence-corrected chi connectivity index (χ0v) is 19.3. The molecule has 0 aromatic heterocycles. The predicted octanol–water partition coefficient (Wildman–Crippen LogP) is 1.68. The molecule has 0 saturated carbocycles. The van der Waals surface area contributed by atoms with Gasteiger partial charge in [0.15, 0.2) is 12.4 Å². The maximum absolute atomic E-state index is 12.1. The lowest BCUT2D eigenvalue weighted by Crippen LogP contribution is -2.34. The van der Waals surface area contributed by atoms with Gasteiger partial charge < -0.3 is 9.11 Å². The standard InChI is InChI=1S/C19H32N4O4S2/c1-18(2,16(24)22-14-20)8-5-10-28(26)12-7-13-29(27)11-6-9-19(3,4)17(25)23-15-21/h5-13H2,1-4H3,(H,22,24)(H,23,25). The van der Waals surface area contributed by atoms with E-state index < -0.39 is 33.2 Å². The summed E-state index contributed by atoms with van der Waals surface area (Å²) < 4.78 is 24.2. The van der Waals surface area contributed by atoms with E-state index in [-0.39, 0.29) is 11.8 Å². The molecule has 0 heterocycles. The summed E-state index contributed by atoms with van der Waals surface area (Å²) in [4.78, 5) is 23.5. The Morgan fingerprint density at radius 2 is 1.07 bits per heavy atom. The van der Waals surface area contributed by atoms with E-state index in [1.54, 1.807) is 40.1 Å². The van der Waals surface area contributed by atoms with E-state index in [1.807, 2.05) is 0 Å². The molecule has 0 saturated heterocycles. The fraction of sp³-hybridized carbons (Fsp3) is 0.789. The number of nitrogens with zero attached hydrogens (tertiary/aromatic N) is 2. The Kier molecular flexibility index (Phi) is 13.0. The van der Waals surface area contributed by atoms with E-state index in [9.17, 15) is 18.7 Å². The molecule has 0 fully saturated rings. The van der Waals surface area contributed by atoms with E-state index in [0.717, 1.165) is 0 Å². The van der Waals surface area contributed by atoms with Gasteiger partial charge in [0.25, 0.3) is 0 Å². The van der Waals surface area contributed by atoms with Crippen molar-refractivity contribution >= 4 is 34.2 Å². The van der Waals surface area contributed by atoms with Gasteiger partial charge in [-0.05, 0) is 25.7 Å². The van der Waals surface area contributed by atoms with Gasteiger partial charge in [0.05, 0.1) is 0 Å². The lowest BCUT2D eigenvalue weighted by molar-refractivity contribution is -0.129. The lowest BCUT2D eigenvalue weighted by Gasteiger charge is -2.22. The minimum absolute atomic E-state index is 0.338. The molecule has 2 N–H and O–H groups in total. The van der Waals surface area contributed by atoms with Crippen LogP contribution in [-0.2, 0) is 31.9 Å². The van der Waals surface area contributed by atoms with E-state index in [4.69, 9.17) is 10.5 Å². The SMILES string of the molecule is CC(C)(CCC[S+]([O-])CCC[S+]([O-])CCCC(C)(C)C(=O)NC#N)C(=O)NC#N. The number of amides is 2. The van der Waals surface area contributed by atoms with E-state index in [0.29, 0.717) is 55.1 Å². The molecule has 0 aliphatic heterocycles. The summed E-state index contributed by atoms with van der Waals surface area (Å²) in [7, 11) is 0. The molecule has 2 unspecified atom stereocenters. The number of hydrogen-bond acceptors (Lipinski definition) is 6. The Labute approximate surface area is 180 Å². The maximum Gasteiger partial charge on any atom is 0.238 e. The van der Waals surface area contributed by atoms with Crippen molar-refractivity contribution in [1.29, 1.82) is 10.5 Å².